The molecule has 9 heteroatoms. The SMILES string of the molecule is Cc1cc(C2CCCNC2)oc(=O)c1C(=O)N1CCc2c(c(C(N)=O)nn2C)C1. The first-order chi connectivity index (χ1) is 13.9. The van der Waals surface area contributed by atoms with Gasteiger partial charge in [0.1, 0.15) is 11.3 Å². The van der Waals surface area contributed by atoms with Crippen molar-refractivity contribution in [1.82, 2.24) is 20.0 Å². The van der Waals surface area contributed by atoms with E-state index >= 15 is 0 Å². The first-order valence-electron chi connectivity index (χ1n) is 9.86. The summed E-state index contributed by atoms with van der Waals surface area (Å²) >= 11 is 0. The van der Waals surface area contributed by atoms with Gasteiger partial charge in [-0.25, -0.2) is 4.79 Å². The van der Waals surface area contributed by atoms with Gasteiger partial charge in [0.15, 0.2) is 5.69 Å². The molecule has 9 nitrogen and oxygen atoms in total. The Labute approximate surface area is 167 Å². The zero-order chi connectivity index (χ0) is 20.7. The Bertz CT molecular complexity index is 1030. The first kappa shape index (κ1) is 19.4. The summed E-state index contributed by atoms with van der Waals surface area (Å²) in [5, 5.41) is 7.48. The minimum absolute atomic E-state index is 0.0467. The molecule has 0 radical (unpaired) electrons. The number of nitrogens with two attached hydrogens (primary N) is 1. The molecule has 0 aliphatic carbocycles. The highest BCUT2D eigenvalue weighted by atomic mass is 16.4. The van der Waals surface area contributed by atoms with Crippen LogP contribution in [0.1, 0.15) is 62.2 Å². The molecule has 4 heterocycles. The predicted molar refractivity (Wildman–Crippen MR) is 105 cm³/mol. The number of aromatic nitrogens is 2. The summed E-state index contributed by atoms with van der Waals surface area (Å²) in [6.45, 7) is 4.11. The van der Waals surface area contributed by atoms with Crippen molar-refractivity contribution in [2.24, 2.45) is 12.8 Å². The van der Waals surface area contributed by atoms with E-state index in [1.54, 1.807) is 29.6 Å². The van der Waals surface area contributed by atoms with E-state index in [4.69, 9.17) is 10.2 Å². The average Bonchev–Trinajstić information content (AvgIpc) is 3.04. The first-order valence-corrected chi connectivity index (χ1v) is 9.86. The molecule has 2 aliphatic heterocycles. The van der Waals surface area contributed by atoms with Gasteiger partial charge in [-0.1, -0.05) is 0 Å². The molecular formula is C20H25N5O4. The molecule has 2 aliphatic rings. The van der Waals surface area contributed by atoms with Gasteiger partial charge < -0.3 is 20.4 Å². The van der Waals surface area contributed by atoms with E-state index in [0.29, 0.717) is 29.9 Å². The van der Waals surface area contributed by atoms with Crippen molar-refractivity contribution in [3.63, 3.8) is 0 Å². The summed E-state index contributed by atoms with van der Waals surface area (Å²) in [6, 6.07) is 1.81. The van der Waals surface area contributed by atoms with Gasteiger partial charge in [0, 0.05) is 43.7 Å². The van der Waals surface area contributed by atoms with Gasteiger partial charge in [-0.05, 0) is 37.9 Å². The van der Waals surface area contributed by atoms with E-state index in [2.05, 4.69) is 10.4 Å². The average molecular weight is 399 g/mol. The Morgan fingerprint density at radius 1 is 1.38 bits per heavy atom. The number of piperidine rings is 1. The van der Waals surface area contributed by atoms with Crippen LogP contribution in [-0.2, 0) is 20.0 Å². The summed E-state index contributed by atoms with van der Waals surface area (Å²) in [4.78, 5) is 39.1. The van der Waals surface area contributed by atoms with Gasteiger partial charge in [-0.2, -0.15) is 5.10 Å². The van der Waals surface area contributed by atoms with E-state index in [-0.39, 0.29) is 23.7 Å². The highest BCUT2D eigenvalue weighted by molar-refractivity contribution is 5.96. The van der Waals surface area contributed by atoms with E-state index in [1.165, 1.54) is 0 Å². The molecule has 29 heavy (non-hydrogen) atoms. The predicted octanol–water partition coefficient (Wildman–Crippen LogP) is 0.446. The molecule has 1 unspecified atom stereocenters. The molecule has 0 saturated carbocycles. The lowest BCUT2D eigenvalue weighted by atomic mass is 9.95. The van der Waals surface area contributed by atoms with Crippen LogP contribution in [0.4, 0.5) is 0 Å². The number of carbonyl (C=O) groups is 2. The molecule has 0 bridgehead atoms. The zero-order valence-corrected chi connectivity index (χ0v) is 16.7. The summed E-state index contributed by atoms with van der Waals surface area (Å²) in [5.41, 5.74) is 7.18. The lowest BCUT2D eigenvalue weighted by molar-refractivity contribution is 0.0725. The normalized spacial score (nSPS) is 19.1. The number of nitrogens with one attached hydrogen (secondary N) is 1. The number of nitrogens with zero attached hydrogens (tertiary/aromatic N) is 3. The third-order valence-corrected chi connectivity index (χ3v) is 5.84. The third kappa shape index (κ3) is 3.46. The van der Waals surface area contributed by atoms with Crippen molar-refractivity contribution in [1.29, 1.82) is 0 Å². The zero-order valence-electron chi connectivity index (χ0n) is 16.7. The van der Waals surface area contributed by atoms with Crippen LogP contribution in [0.2, 0.25) is 0 Å². The van der Waals surface area contributed by atoms with Crippen molar-refractivity contribution >= 4 is 11.8 Å². The molecule has 2 amide bonds. The van der Waals surface area contributed by atoms with Gasteiger partial charge in [0.25, 0.3) is 11.8 Å². The second-order valence-electron chi connectivity index (χ2n) is 7.78. The summed E-state index contributed by atoms with van der Waals surface area (Å²) in [6.07, 6.45) is 2.51. The van der Waals surface area contributed by atoms with E-state index < -0.39 is 17.4 Å². The second-order valence-corrected chi connectivity index (χ2v) is 7.78. The molecule has 1 saturated heterocycles. The number of hydrogen-bond acceptors (Lipinski definition) is 6. The lowest BCUT2D eigenvalue weighted by Gasteiger charge is -2.28. The quantitative estimate of drug-likeness (QED) is 0.772. The Morgan fingerprint density at radius 3 is 2.83 bits per heavy atom. The van der Waals surface area contributed by atoms with Crippen LogP contribution in [0.5, 0.6) is 0 Å². The largest absolute Gasteiger partial charge is 0.427 e. The van der Waals surface area contributed by atoms with Crippen LogP contribution < -0.4 is 16.7 Å². The topological polar surface area (TPSA) is 123 Å². The fourth-order valence-corrected chi connectivity index (χ4v) is 4.31. The maximum Gasteiger partial charge on any atom is 0.349 e. The molecule has 2 aromatic rings. The van der Waals surface area contributed by atoms with Crippen molar-refractivity contribution in [2.45, 2.75) is 38.6 Å². The number of rotatable bonds is 3. The van der Waals surface area contributed by atoms with Crippen molar-refractivity contribution in [3.8, 4) is 0 Å². The lowest BCUT2D eigenvalue weighted by Crippen LogP contribution is -2.39. The fraction of sp³-hybridized carbons (Fsp3) is 0.500. The van der Waals surface area contributed by atoms with Gasteiger partial charge in [-0.15, -0.1) is 0 Å². The second kappa shape index (κ2) is 7.47. The number of amides is 2. The standard InChI is InChI=1S/C20H25N5O4/c1-11-8-15(12-4-3-6-22-9-12)29-20(28)16(11)19(27)25-7-5-14-13(10-25)17(18(21)26)23-24(14)2/h8,12,22H,3-7,9-10H2,1-2H3,(H2,21,26). The third-order valence-electron chi connectivity index (χ3n) is 5.84. The van der Waals surface area contributed by atoms with Gasteiger partial charge >= 0.3 is 5.63 Å². The molecule has 2 aromatic heterocycles. The Balaban J connectivity index is 1.62. The van der Waals surface area contributed by atoms with Crippen molar-refractivity contribution in [2.75, 3.05) is 19.6 Å². The van der Waals surface area contributed by atoms with Crippen LogP contribution in [-0.4, -0.2) is 46.1 Å². The number of carbonyl (C=O) groups excluding carboxylic acids is 2. The van der Waals surface area contributed by atoms with Crippen LogP contribution in [0, 0.1) is 6.92 Å². The Kier molecular flexibility index (Phi) is 4.99. The fourth-order valence-electron chi connectivity index (χ4n) is 4.31. The van der Waals surface area contributed by atoms with Crippen molar-refractivity contribution in [3.05, 3.63) is 50.3 Å². The summed E-state index contributed by atoms with van der Waals surface area (Å²) in [5.74, 6) is -0.252. The monoisotopic (exact) mass is 399 g/mol. The maximum atomic E-state index is 13.1. The minimum Gasteiger partial charge on any atom is -0.427 e. The molecule has 0 aromatic carbocycles. The molecule has 1 fully saturated rings. The highest BCUT2D eigenvalue weighted by Gasteiger charge is 2.31. The van der Waals surface area contributed by atoms with E-state index in [1.807, 2.05) is 0 Å². The summed E-state index contributed by atoms with van der Waals surface area (Å²) < 4.78 is 7.17. The van der Waals surface area contributed by atoms with Crippen LogP contribution in [0.25, 0.3) is 0 Å². The minimum atomic E-state index is -0.628. The Hall–Kier alpha value is -2.94. The Morgan fingerprint density at radius 2 is 2.17 bits per heavy atom. The number of aryl methyl sites for hydroxylation is 2. The van der Waals surface area contributed by atoms with E-state index in [0.717, 1.165) is 31.6 Å². The number of fused-ring (bicyclic) bond motifs is 1. The molecule has 1 atom stereocenters. The number of hydrogen-bond donors (Lipinski definition) is 2. The van der Waals surface area contributed by atoms with E-state index in [9.17, 15) is 14.4 Å². The molecule has 3 N–H and O–H groups in total. The van der Waals surface area contributed by atoms with Gasteiger partial charge in [-0.3, -0.25) is 14.3 Å². The maximum absolute atomic E-state index is 13.1. The smallest absolute Gasteiger partial charge is 0.349 e. The molecule has 4 rings (SSSR count). The van der Waals surface area contributed by atoms with Crippen LogP contribution >= 0.6 is 0 Å². The van der Waals surface area contributed by atoms with Crippen LogP contribution in [0.15, 0.2) is 15.3 Å². The van der Waals surface area contributed by atoms with Crippen LogP contribution in [0.3, 0.4) is 0 Å². The van der Waals surface area contributed by atoms with Gasteiger partial charge in [0.05, 0.1) is 6.54 Å². The summed E-state index contributed by atoms with van der Waals surface area (Å²) in [7, 11) is 1.75. The molecular weight excluding hydrogens is 374 g/mol. The highest BCUT2D eigenvalue weighted by Crippen LogP contribution is 2.26. The number of primary amides is 1. The van der Waals surface area contributed by atoms with Gasteiger partial charge in [0.2, 0.25) is 0 Å². The molecule has 0 spiro atoms. The molecule has 154 valence electrons. The van der Waals surface area contributed by atoms with Crippen molar-refractivity contribution < 1.29 is 14.0 Å².